The minimum atomic E-state index is -0.760. The van der Waals surface area contributed by atoms with Crippen LogP contribution in [-0.4, -0.2) is 36.4 Å². The molecular formula is C39H76O5. The summed E-state index contributed by atoms with van der Waals surface area (Å²) in [7, 11) is 0. The Kier molecular flexibility index (Phi) is 35.5. The first-order valence-electron chi connectivity index (χ1n) is 19.6. The first-order valence-corrected chi connectivity index (χ1v) is 19.6. The van der Waals surface area contributed by atoms with Gasteiger partial charge in [-0.2, -0.15) is 0 Å². The van der Waals surface area contributed by atoms with Crippen molar-refractivity contribution in [2.75, 3.05) is 13.2 Å². The van der Waals surface area contributed by atoms with E-state index in [1.807, 2.05) is 0 Å². The molecule has 0 fully saturated rings. The highest BCUT2D eigenvalue weighted by Gasteiger charge is 2.16. The molecule has 0 aliphatic rings. The highest BCUT2D eigenvalue weighted by atomic mass is 16.6. The zero-order valence-corrected chi connectivity index (χ0v) is 29.7. The summed E-state index contributed by atoms with van der Waals surface area (Å²) in [5.74, 6) is -0.577. The molecule has 0 rings (SSSR count). The SMILES string of the molecule is CCCCCCCCCCCCCCCCCCCCCC(=O)OC[C@H](CO)OC(=O)CCCCCCCCCCCCC. The molecule has 5 heteroatoms. The monoisotopic (exact) mass is 625 g/mol. The average molecular weight is 625 g/mol. The molecule has 262 valence electrons. The number of hydrogen-bond acceptors (Lipinski definition) is 5. The highest BCUT2D eigenvalue weighted by molar-refractivity contribution is 5.70. The van der Waals surface area contributed by atoms with E-state index in [0.717, 1.165) is 32.1 Å². The molecular weight excluding hydrogens is 548 g/mol. The van der Waals surface area contributed by atoms with Crippen LogP contribution in [0, 0.1) is 0 Å². The second kappa shape index (κ2) is 36.4. The summed E-state index contributed by atoms with van der Waals surface area (Å²) in [6.07, 6.45) is 38.8. The lowest BCUT2D eigenvalue weighted by molar-refractivity contribution is -0.161. The number of esters is 2. The van der Waals surface area contributed by atoms with Gasteiger partial charge in [-0.1, -0.05) is 194 Å². The number of carbonyl (C=O) groups excluding carboxylic acids is 2. The molecule has 0 heterocycles. The van der Waals surface area contributed by atoms with Crippen LogP contribution < -0.4 is 0 Å². The van der Waals surface area contributed by atoms with Crippen LogP contribution in [0.1, 0.15) is 219 Å². The molecule has 0 aromatic carbocycles. The van der Waals surface area contributed by atoms with E-state index in [1.54, 1.807) is 0 Å². The molecule has 0 unspecified atom stereocenters. The fourth-order valence-electron chi connectivity index (χ4n) is 5.91. The van der Waals surface area contributed by atoms with E-state index in [9.17, 15) is 14.7 Å². The predicted molar refractivity (Wildman–Crippen MR) is 187 cm³/mol. The van der Waals surface area contributed by atoms with Gasteiger partial charge in [0, 0.05) is 12.8 Å². The summed E-state index contributed by atoms with van der Waals surface area (Å²) in [6, 6.07) is 0. The van der Waals surface area contributed by atoms with E-state index in [2.05, 4.69) is 13.8 Å². The lowest BCUT2D eigenvalue weighted by Gasteiger charge is -2.15. The molecule has 0 aliphatic heterocycles. The van der Waals surface area contributed by atoms with Crippen LogP contribution in [0.25, 0.3) is 0 Å². The Morgan fingerprint density at radius 2 is 0.705 bits per heavy atom. The summed E-state index contributed by atoms with van der Waals surface area (Å²) in [5.41, 5.74) is 0. The third-order valence-electron chi connectivity index (χ3n) is 8.90. The maximum atomic E-state index is 12.1. The highest BCUT2D eigenvalue weighted by Crippen LogP contribution is 2.16. The number of hydrogen-bond donors (Lipinski definition) is 1. The fraction of sp³-hybridized carbons (Fsp3) is 0.949. The van der Waals surface area contributed by atoms with E-state index in [-0.39, 0.29) is 25.2 Å². The summed E-state index contributed by atoms with van der Waals surface area (Å²) in [4.78, 5) is 24.2. The minimum Gasteiger partial charge on any atom is -0.462 e. The van der Waals surface area contributed by atoms with Crippen molar-refractivity contribution in [2.24, 2.45) is 0 Å². The predicted octanol–water partition coefficient (Wildman–Crippen LogP) is 12.0. The van der Waals surface area contributed by atoms with Gasteiger partial charge in [-0.15, -0.1) is 0 Å². The molecule has 0 spiro atoms. The van der Waals surface area contributed by atoms with Crippen LogP contribution in [0.4, 0.5) is 0 Å². The van der Waals surface area contributed by atoms with Crippen molar-refractivity contribution in [3.63, 3.8) is 0 Å². The van der Waals surface area contributed by atoms with Crippen LogP contribution >= 0.6 is 0 Å². The minimum absolute atomic E-state index is 0.0571. The van der Waals surface area contributed by atoms with Crippen molar-refractivity contribution in [2.45, 2.75) is 225 Å². The van der Waals surface area contributed by atoms with E-state index in [4.69, 9.17) is 9.47 Å². The van der Waals surface area contributed by atoms with Crippen molar-refractivity contribution < 1.29 is 24.2 Å². The van der Waals surface area contributed by atoms with Gasteiger partial charge in [0.05, 0.1) is 6.61 Å². The largest absolute Gasteiger partial charge is 0.462 e. The van der Waals surface area contributed by atoms with Gasteiger partial charge in [0.1, 0.15) is 6.61 Å². The first kappa shape index (κ1) is 42.9. The second-order valence-corrected chi connectivity index (χ2v) is 13.4. The molecule has 1 atom stereocenters. The van der Waals surface area contributed by atoms with Gasteiger partial charge in [-0.25, -0.2) is 0 Å². The Bertz CT molecular complexity index is 593. The number of unbranched alkanes of at least 4 members (excludes halogenated alkanes) is 28. The second-order valence-electron chi connectivity index (χ2n) is 13.4. The van der Waals surface area contributed by atoms with Crippen LogP contribution in [0.2, 0.25) is 0 Å². The van der Waals surface area contributed by atoms with E-state index in [1.165, 1.54) is 161 Å². The molecule has 0 bridgehead atoms. The Morgan fingerprint density at radius 1 is 0.432 bits per heavy atom. The molecule has 5 nitrogen and oxygen atoms in total. The van der Waals surface area contributed by atoms with Gasteiger partial charge in [0.15, 0.2) is 6.10 Å². The topological polar surface area (TPSA) is 72.8 Å². The van der Waals surface area contributed by atoms with E-state index < -0.39 is 6.10 Å². The fourth-order valence-corrected chi connectivity index (χ4v) is 5.91. The molecule has 1 N–H and O–H groups in total. The summed E-state index contributed by atoms with van der Waals surface area (Å²) >= 11 is 0. The third kappa shape index (κ3) is 33.8. The van der Waals surface area contributed by atoms with Crippen molar-refractivity contribution >= 4 is 11.9 Å². The smallest absolute Gasteiger partial charge is 0.306 e. The van der Waals surface area contributed by atoms with Crippen LogP contribution in [0.15, 0.2) is 0 Å². The van der Waals surface area contributed by atoms with Crippen molar-refractivity contribution in [1.29, 1.82) is 0 Å². The number of aliphatic hydroxyl groups is 1. The number of aliphatic hydroxyl groups excluding tert-OH is 1. The van der Waals surface area contributed by atoms with Gasteiger partial charge in [-0.3, -0.25) is 9.59 Å². The van der Waals surface area contributed by atoms with Crippen LogP contribution in [0.5, 0.6) is 0 Å². The van der Waals surface area contributed by atoms with Gasteiger partial charge >= 0.3 is 11.9 Å². The molecule has 0 amide bonds. The Balaban J connectivity index is 3.46. The number of ether oxygens (including phenoxy) is 2. The molecule has 0 radical (unpaired) electrons. The molecule has 0 aromatic rings. The standard InChI is InChI=1S/C39H76O5/c1-3-5-7-9-11-13-15-16-17-18-19-20-21-22-24-25-27-29-31-33-38(41)43-36-37(35-40)44-39(42)34-32-30-28-26-23-14-12-10-8-6-4-2/h37,40H,3-36H2,1-2H3/t37-/m0/s1. The van der Waals surface area contributed by atoms with Crippen molar-refractivity contribution in [1.82, 2.24) is 0 Å². The third-order valence-corrected chi connectivity index (χ3v) is 8.90. The molecule has 0 aromatic heterocycles. The van der Waals surface area contributed by atoms with Crippen LogP contribution in [0.3, 0.4) is 0 Å². The maximum absolute atomic E-state index is 12.1. The van der Waals surface area contributed by atoms with Crippen molar-refractivity contribution in [3.8, 4) is 0 Å². The molecule has 44 heavy (non-hydrogen) atoms. The Hall–Kier alpha value is -1.10. The molecule has 0 saturated heterocycles. The van der Waals surface area contributed by atoms with Crippen LogP contribution in [-0.2, 0) is 19.1 Å². The van der Waals surface area contributed by atoms with Gasteiger partial charge in [0.2, 0.25) is 0 Å². The Labute approximate surface area is 274 Å². The van der Waals surface area contributed by atoms with Crippen molar-refractivity contribution in [3.05, 3.63) is 0 Å². The lowest BCUT2D eigenvalue weighted by Crippen LogP contribution is -2.28. The van der Waals surface area contributed by atoms with Gasteiger partial charge in [0.25, 0.3) is 0 Å². The summed E-state index contributed by atoms with van der Waals surface area (Å²) < 4.78 is 10.6. The maximum Gasteiger partial charge on any atom is 0.306 e. The number of carbonyl (C=O) groups is 2. The zero-order chi connectivity index (χ0) is 32.2. The number of rotatable bonds is 36. The van der Waals surface area contributed by atoms with Gasteiger partial charge < -0.3 is 14.6 Å². The molecule has 0 aliphatic carbocycles. The lowest BCUT2D eigenvalue weighted by atomic mass is 10.0. The quantitative estimate of drug-likeness (QED) is 0.0554. The summed E-state index contributed by atoms with van der Waals surface area (Å²) in [6.45, 7) is 4.15. The van der Waals surface area contributed by atoms with E-state index in [0.29, 0.717) is 12.8 Å². The average Bonchev–Trinajstić information content (AvgIpc) is 3.02. The van der Waals surface area contributed by atoms with Gasteiger partial charge in [-0.05, 0) is 12.8 Å². The molecule has 0 saturated carbocycles. The summed E-state index contributed by atoms with van der Waals surface area (Å²) in [5, 5.41) is 9.52. The normalized spacial score (nSPS) is 12.0. The van der Waals surface area contributed by atoms with E-state index >= 15 is 0 Å². The first-order chi connectivity index (χ1) is 21.6. The Morgan fingerprint density at radius 3 is 1.00 bits per heavy atom. The zero-order valence-electron chi connectivity index (χ0n) is 29.7.